The van der Waals surface area contributed by atoms with Crippen LogP contribution in [0.4, 0.5) is 0 Å². The fourth-order valence-electron chi connectivity index (χ4n) is 2.20. The van der Waals surface area contributed by atoms with Crippen molar-refractivity contribution < 1.29 is 0 Å². The van der Waals surface area contributed by atoms with Gasteiger partial charge in [0.05, 0.1) is 5.02 Å². The fraction of sp³-hybridized carbons (Fsp3) is 0.250. The zero-order valence-corrected chi connectivity index (χ0v) is 15.3. The molecule has 0 aromatic heterocycles. The van der Waals surface area contributed by atoms with Crippen LogP contribution in [0.3, 0.4) is 0 Å². The van der Waals surface area contributed by atoms with Crippen LogP contribution in [0.5, 0.6) is 0 Å². The molecule has 0 amide bonds. The monoisotopic (exact) mass is 405 g/mol. The van der Waals surface area contributed by atoms with E-state index in [1.165, 1.54) is 0 Å². The SMILES string of the molecule is CCNC(Cc1cc(Cl)ccc1Cl)c1ccc(Br)c(Cl)c1. The van der Waals surface area contributed by atoms with Crippen LogP contribution in [0.2, 0.25) is 15.1 Å². The molecule has 0 spiro atoms. The highest BCUT2D eigenvalue weighted by Gasteiger charge is 2.14. The highest BCUT2D eigenvalue weighted by Crippen LogP contribution is 2.30. The summed E-state index contributed by atoms with van der Waals surface area (Å²) in [4.78, 5) is 0. The average molecular weight is 408 g/mol. The van der Waals surface area contributed by atoms with Crippen LogP contribution in [0.25, 0.3) is 0 Å². The zero-order chi connectivity index (χ0) is 15.4. The van der Waals surface area contributed by atoms with Gasteiger partial charge in [0.25, 0.3) is 0 Å². The largest absolute Gasteiger partial charge is 0.310 e. The maximum atomic E-state index is 6.26. The molecule has 0 aliphatic carbocycles. The van der Waals surface area contributed by atoms with Gasteiger partial charge in [-0.15, -0.1) is 0 Å². The molecule has 0 aliphatic rings. The molecule has 1 atom stereocenters. The summed E-state index contributed by atoms with van der Waals surface area (Å²) in [5.41, 5.74) is 2.15. The summed E-state index contributed by atoms with van der Waals surface area (Å²) in [5, 5.41) is 5.59. The van der Waals surface area contributed by atoms with Gasteiger partial charge in [-0.25, -0.2) is 0 Å². The molecule has 0 aliphatic heterocycles. The van der Waals surface area contributed by atoms with Crippen LogP contribution in [0.1, 0.15) is 24.1 Å². The van der Waals surface area contributed by atoms with Crippen molar-refractivity contribution in [3.8, 4) is 0 Å². The smallest absolute Gasteiger partial charge is 0.0551 e. The van der Waals surface area contributed by atoms with Crippen molar-refractivity contribution >= 4 is 50.7 Å². The quantitative estimate of drug-likeness (QED) is 0.613. The second-order valence-corrected chi connectivity index (χ2v) is 6.83. The summed E-state index contributed by atoms with van der Waals surface area (Å²) in [5.74, 6) is 0. The zero-order valence-electron chi connectivity index (χ0n) is 11.5. The first kappa shape index (κ1) is 17.1. The number of hydrogen-bond donors (Lipinski definition) is 1. The average Bonchev–Trinajstić information content (AvgIpc) is 2.45. The van der Waals surface area contributed by atoms with Gasteiger partial charge in [0, 0.05) is 20.6 Å². The number of likely N-dealkylation sites (N-methyl/N-ethyl adjacent to an activating group) is 1. The lowest BCUT2D eigenvalue weighted by Gasteiger charge is -2.20. The predicted molar refractivity (Wildman–Crippen MR) is 95.7 cm³/mol. The summed E-state index contributed by atoms with van der Waals surface area (Å²) >= 11 is 21.9. The van der Waals surface area contributed by atoms with Crippen molar-refractivity contribution in [3.63, 3.8) is 0 Å². The van der Waals surface area contributed by atoms with Crippen molar-refractivity contribution in [2.45, 2.75) is 19.4 Å². The van der Waals surface area contributed by atoms with E-state index >= 15 is 0 Å². The van der Waals surface area contributed by atoms with Crippen molar-refractivity contribution in [1.29, 1.82) is 0 Å². The third kappa shape index (κ3) is 4.61. The Hall–Kier alpha value is -0.250. The topological polar surface area (TPSA) is 12.0 Å². The van der Waals surface area contributed by atoms with Gasteiger partial charge in [0.2, 0.25) is 0 Å². The van der Waals surface area contributed by atoms with Crippen LogP contribution in [0.15, 0.2) is 40.9 Å². The van der Waals surface area contributed by atoms with Gasteiger partial charge in [-0.2, -0.15) is 0 Å². The normalized spacial score (nSPS) is 12.4. The number of halogens is 4. The highest BCUT2D eigenvalue weighted by atomic mass is 79.9. The predicted octanol–water partition coefficient (Wildman–Crippen LogP) is 6.30. The maximum Gasteiger partial charge on any atom is 0.0551 e. The minimum Gasteiger partial charge on any atom is -0.310 e. The highest BCUT2D eigenvalue weighted by molar-refractivity contribution is 9.10. The Bertz CT molecular complexity index is 631. The molecular formula is C16H15BrCl3N. The Morgan fingerprint density at radius 3 is 2.48 bits per heavy atom. The first-order valence-electron chi connectivity index (χ1n) is 6.63. The Morgan fingerprint density at radius 1 is 1.05 bits per heavy atom. The van der Waals surface area contributed by atoms with Crippen LogP contribution < -0.4 is 5.32 Å². The molecule has 0 radical (unpaired) electrons. The molecule has 0 heterocycles. The number of hydrogen-bond acceptors (Lipinski definition) is 1. The van der Waals surface area contributed by atoms with Crippen molar-refractivity contribution in [2.75, 3.05) is 6.54 Å². The van der Waals surface area contributed by atoms with E-state index in [2.05, 4.69) is 34.2 Å². The molecule has 112 valence electrons. The van der Waals surface area contributed by atoms with Gasteiger partial charge in [0.1, 0.15) is 0 Å². The first-order valence-corrected chi connectivity index (χ1v) is 8.56. The van der Waals surface area contributed by atoms with Crippen molar-refractivity contribution in [3.05, 3.63) is 67.1 Å². The molecule has 0 saturated heterocycles. The summed E-state index contributed by atoms with van der Waals surface area (Å²) in [6.45, 7) is 2.93. The Morgan fingerprint density at radius 2 is 1.81 bits per heavy atom. The second kappa shape index (κ2) is 7.85. The van der Waals surface area contributed by atoms with Crippen LogP contribution >= 0.6 is 50.7 Å². The van der Waals surface area contributed by atoms with Crippen molar-refractivity contribution in [1.82, 2.24) is 5.32 Å². The molecule has 1 unspecified atom stereocenters. The van der Waals surface area contributed by atoms with Gasteiger partial charge in [-0.1, -0.05) is 47.8 Å². The molecule has 21 heavy (non-hydrogen) atoms. The third-order valence-corrected chi connectivity index (χ3v) is 5.06. The van der Waals surface area contributed by atoms with Crippen LogP contribution in [0, 0.1) is 0 Å². The lowest BCUT2D eigenvalue weighted by molar-refractivity contribution is 0.550. The lowest BCUT2D eigenvalue weighted by atomic mass is 9.99. The van der Waals surface area contributed by atoms with Gasteiger partial charge >= 0.3 is 0 Å². The molecule has 0 bridgehead atoms. The molecule has 1 N–H and O–H groups in total. The summed E-state index contributed by atoms with van der Waals surface area (Å²) in [6, 6.07) is 11.7. The Balaban J connectivity index is 2.30. The van der Waals surface area contributed by atoms with E-state index in [4.69, 9.17) is 34.8 Å². The maximum absolute atomic E-state index is 6.26. The van der Waals surface area contributed by atoms with Crippen molar-refractivity contribution in [2.24, 2.45) is 0 Å². The van der Waals surface area contributed by atoms with Crippen LogP contribution in [-0.4, -0.2) is 6.54 Å². The van der Waals surface area contributed by atoms with Gasteiger partial charge in [0.15, 0.2) is 0 Å². The summed E-state index contributed by atoms with van der Waals surface area (Å²) < 4.78 is 0.893. The number of rotatable bonds is 5. The first-order chi connectivity index (χ1) is 10.0. The summed E-state index contributed by atoms with van der Waals surface area (Å²) in [6.07, 6.45) is 0.755. The molecule has 5 heteroatoms. The van der Waals surface area contributed by atoms with E-state index in [0.717, 1.165) is 33.6 Å². The van der Waals surface area contributed by atoms with E-state index in [1.54, 1.807) is 6.07 Å². The second-order valence-electron chi connectivity index (χ2n) is 4.72. The molecule has 2 aromatic carbocycles. The minimum atomic E-state index is 0.136. The van der Waals surface area contributed by atoms with E-state index < -0.39 is 0 Å². The Labute approximate surface area is 148 Å². The molecule has 1 nitrogen and oxygen atoms in total. The third-order valence-electron chi connectivity index (χ3n) is 3.23. The standard InChI is InChI=1S/C16H15BrCl3N/c1-2-21-16(10-3-5-13(17)15(20)8-10)9-11-7-12(18)4-6-14(11)19/h3-8,16,21H,2,9H2,1H3. The number of nitrogens with one attached hydrogen (secondary N) is 1. The van der Waals surface area contributed by atoms with E-state index in [0.29, 0.717) is 10.0 Å². The minimum absolute atomic E-state index is 0.136. The molecule has 0 saturated carbocycles. The van der Waals surface area contributed by atoms with E-state index in [9.17, 15) is 0 Å². The fourth-order valence-corrected chi connectivity index (χ4v) is 3.03. The summed E-state index contributed by atoms with van der Waals surface area (Å²) in [7, 11) is 0. The van der Waals surface area contributed by atoms with Gasteiger partial charge in [-0.3, -0.25) is 0 Å². The molecular weight excluding hydrogens is 392 g/mol. The van der Waals surface area contributed by atoms with E-state index in [-0.39, 0.29) is 6.04 Å². The Kier molecular flexibility index (Phi) is 6.39. The molecule has 2 aromatic rings. The van der Waals surface area contributed by atoms with E-state index in [1.807, 2.05) is 24.3 Å². The number of benzene rings is 2. The molecule has 2 rings (SSSR count). The van der Waals surface area contributed by atoms with Crippen LogP contribution in [-0.2, 0) is 6.42 Å². The molecule has 0 fully saturated rings. The van der Waals surface area contributed by atoms with Gasteiger partial charge < -0.3 is 5.32 Å². The lowest BCUT2D eigenvalue weighted by Crippen LogP contribution is -2.23. The van der Waals surface area contributed by atoms with Gasteiger partial charge in [-0.05, 0) is 70.4 Å².